The fourth-order valence-corrected chi connectivity index (χ4v) is 4.13. The molecule has 3 rings (SSSR count). The molecule has 3 heterocycles. The molecular weight excluding hydrogens is 412 g/mol. The summed E-state index contributed by atoms with van der Waals surface area (Å²) in [4.78, 5) is 37.6. The van der Waals surface area contributed by atoms with Gasteiger partial charge >= 0.3 is 17.7 Å². The quantitative estimate of drug-likeness (QED) is 0.374. The number of hydrogen-bond donors (Lipinski definition) is 2. The number of aromatic amines is 1. The number of rotatable bonds is 12. The van der Waals surface area contributed by atoms with E-state index in [0.29, 0.717) is 36.7 Å². The first-order valence-corrected chi connectivity index (χ1v) is 11.7. The van der Waals surface area contributed by atoms with Crippen LogP contribution in [0.5, 0.6) is 6.01 Å². The summed E-state index contributed by atoms with van der Waals surface area (Å²) >= 11 is 0. The van der Waals surface area contributed by atoms with Crippen LogP contribution in [0.4, 0.5) is 5.82 Å². The van der Waals surface area contributed by atoms with Crippen molar-refractivity contribution < 1.29 is 14.3 Å². The van der Waals surface area contributed by atoms with E-state index < -0.39 is 0 Å². The lowest BCUT2D eigenvalue weighted by Gasteiger charge is -2.31. The summed E-state index contributed by atoms with van der Waals surface area (Å²) in [6.45, 7) is 6.28. The second kappa shape index (κ2) is 11.8. The van der Waals surface area contributed by atoms with Gasteiger partial charge in [0.05, 0.1) is 13.7 Å². The summed E-state index contributed by atoms with van der Waals surface area (Å²) < 4.78 is 12.0. The number of hydrogen-bond acceptors (Lipinski definition) is 8. The van der Waals surface area contributed by atoms with Gasteiger partial charge in [0.25, 0.3) is 0 Å². The molecule has 178 valence electrons. The molecule has 10 nitrogen and oxygen atoms in total. The second-order valence-corrected chi connectivity index (χ2v) is 8.50. The summed E-state index contributed by atoms with van der Waals surface area (Å²) in [5.74, 6) is 0.563. The van der Waals surface area contributed by atoms with Crippen LogP contribution >= 0.6 is 0 Å². The van der Waals surface area contributed by atoms with Crippen LogP contribution in [0.3, 0.4) is 0 Å². The first kappa shape index (κ1) is 24.0. The molecule has 1 aliphatic heterocycles. The molecule has 0 bridgehead atoms. The van der Waals surface area contributed by atoms with Crippen molar-refractivity contribution in [2.45, 2.75) is 64.8 Å². The van der Waals surface area contributed by atoms with Crippen molar-refractivity contribution in [3.05, 3.63) is 10.5 Å². The lowest BCUT2D eigenvalue weighted by molar-refractivity contribution is -0.142. The molecule has 0 spiro atoms. The molecule has 1 fully saturated rings. The molecular formula is C22H36N6O4. The van der Waals surface area contributed by atoms with E-state index in [9.17, 15) is 9.59 Å². The van der Waals surface area contributed by atoms with E-state index in [0.717, 1.165) is 64.6 Å². The minimum atomic E-state index is -0.223. The molecule has 0 unspecified atom stereocenters. The van der Waals surface area contributed by atoms with E-state index >= 15 is 0 Å². The number of imidazole rings is 1. The molecule has 10 heteroatoms. The topological polar surface area (TPSA) is 128 Å². The lowest BCUT2D eigenvalue weighted by Crippen LogP contribution is -2.35. The number of piperidine rings is 1. The van der Waals surface area contributed by atoms with Gasteiger partial charge in [-0.3, -0.25) is 9.36 Å². The Kier molecular flexibility index (Phi) is 8.90. The van der Waals surface area contributed by atoms with Gasteiger partial charge in [-0.25, -0.2) is 4.79 Å². The number of anilines is 1. The summed E-state index contributed by atoms with van der Waals surface area (Å²) in [5.41, 5.74) is 6.75. The predicted molar refractivity (Wildman–Crippen MR) is 123 cm³/mol. The van der Waals surface area contributed by atoms with Crippen molar-refractivity contribution in [1.29, 1.82) is 0 Å². The van der Waals surface area contributed by atoms with Crippen molar-refractivity contribution in [2.24, 2.45) is 5.92 Å². The molecule has 0 aliphatic carbocycles. The van der Waals surface area contributed by atoms with Gasteiger partial charge in [-0.05, 0) is 57.7 Å². The minimum Gasteiger partial charge on any atom is -0.469 e. The number of fused-ring (bicyclic) bond motifs is 1. The number of carbonyl (C=O) groups excluding carboxylic acids is 1. The number of nitrogens with two attached hydrogens (primary N) is 1. The zero-order valence-electron chi connectivity index (χ0n) is 19.3. The van der Waals surface area contributed by atoms with Crippen molar-refractivity contribution in [3.8, 4) is 6.01 Å². The molecule has 2 aromatic rings. The number of H-pyrrole nitrogens is 1. The Hall–Kier alpha value is -2.62. The largest absolute Gasteiger partial charge is 0.469 e. The summed E-state index contributed by atoms with van der Waals surface area (Å²) in [7, 11) is 1.45. The molecule has 0 amide bonds. The zero-order chi connectivity index (χ0) is 22.9. The van der Waals surface area contributed by atoms with E-state index in [2.05, 4.69) is 26.8 Å². The van der Waals surface area contributed by atoms with Crippen LogP contribution in [0, 0.1) is 5.92 Å². The average molecular weight is 449 g/mol. The van der Waals surface area contributed by atoms with Gasteiger partial charge in [-0.15, -0.1) is 0 Å². The Balaban J connectivity index is 1.45. The number of unbranched alkanes of at least 4 members (excludes halogenated alkanes) is 3. The predicted octanol–water partition coefficient (Wildman–Crippen LogP) is 2.33. The minimum absolute atomic E-state index is 0.109. The molecule has 0 saturated carbocycles. The normalized spacial score (nSPS) is 15.3. The molecule has 0 aromatic carbocycles. The first-order valence-electron chi connectivity index (χ1n) is 11.7. The van der Waals surface area contributed by atoms with Crippen molar-refractivity contribution >= 4 is 23.0 Å². The molecule has 32 heavy (non-hydrogen) atoms. The third-order valence-electron chi connectivity index (χ3n) is 6.11. The smallest absolute Gasteiger partial charge is 0.327 e. The van der Waals surface area contributed by atoms with Crippen molar-refractivity contribution in [2.75, 3.05) is 39.1 Å². The van der Waals surface area contributed by atoms with E-state index in [1.165, 1.54) is 7.11 Å². The number of nitrogens with one attached hydrogen (secondary N) is 1. The number of aromatic nitrogens is 4. The van der Waals surface area contributed by atoms with E-state index in [4.69, 9.17) is 15.2 Å². The summed E-state index contributed by atoms with van der Waals surface area (Å²) in [6, 6.07) is 0.215. The molecule has 0 radical (unpaired) electrons. The molecule has 1 aliphatic rings. The van der Waals surface area contributed by atoms with Crippen LogP contribution in [0.2, 0.25) is 0 Å². The fraction of sp³-hybridized carbons (Fsp3) is 0.727. The molecule has 0 atom stereocenters. The lowest BCUT2D eigenvalue weighted by atomic mass is 9.93. The van der Waals surface area contributed by atoms with Gasteiger partial charge in [0.15, 0.2) is 11.5 Å². The molecule has 2 aromatic heterocycles. The number of likely N-dealkylation sites (tertiary alicyclic amines) is 1. The highest BCUT2D eigenvalue weighted by atomic mass is 16.5. The van der Waals surface area contributed by atoms with E-state index in [1.54, 1.807) is 4.57 Å². The Morgan fingerprint density at radius 3 is 2.62 bits per heavy atom. The second-order valence-electron chi connectivity index (χ2n) is 8.50. The number of methoxy groups -OCH3 is 1. The Labute approximate surface area is 188 Å². The highest BCUT2D eigenvalue weighted by molar-refractivity contribution is 5.81. The van der Waals surface area contributed by atoms with Crippen LogP contribution in [-0.4, -0.2) is 63.7 Å². The van der Waals surface area contributed by atoms with E-state index in [1.807, 2.05) is 0 Å². The van der Waals surface area contributed by atoms with Crippen molar-refractivity contribution in [1.82, 2.24) is 24.4 Å². The van der Waals surface area contributed by atoms with Crippen LogP contribution in [0.25, 0.3) is 11.2 Å². The van der Waals surface area contributed by atoms with Crippen molar-refractivity contribution in [3.63, 3.8) is 0 Å². The first-order chi connectivity index (χ1) is 15.5. The maximum Gasteiger partial charge on any atom is 0.327 e. The van der Waals surface area contributed by atoms with Gasteiger partial charge in [0, 0.05) is 13.0 Å². The van der Waals surface area contributed by atoms with Gasteiger partial charge in [0.2, 0.25) is 0 Å². The standard InChI is InChI=1S/C22H36N6O4/c1-3-4-14-32-21-25-19(23)18-20(26-21)28(22(30)24-18)11-7-5-6-10-27-12-8-16(9-13-27)15-17(29)31-2/h16H,3-15H2,1-2H3,(H,24,30)(H2,23,25,26). The average Bonchev–Trinajstić information content (AvgIpc) is 3.10. The van der Waals surface area contributed by atoms with Gasteiger partial charge < -0.3 is 25.1 Å². The number of nitrogen functional groups attached to an aromatic ring is 1. The maximum atomic E-state index is 12.4. The highest BCUT2D eigenvalue weighted by Crippen LogP contribution is 2.21. The number of aryl methyl sites for hydroxylation is 1. The number of esters is 1. The third kappa shape index (κ3) is 6.44. The van der Waals surface area contributed by atoms with Gasteiger partial charge in [-0.1, -0.05) is 19.8 Å². The number of carbonyl (C=O) groups is 1. The van der Waals surface area contributed by atoms with Crippen LogP contribution < -0.4 is 16.2 Å². The monoisotopic (exact) mass is 448 g/mol. The Bertz CT molecular complexity index is 932. The summed E-state index contributed by atoms with van der Waals surface area (Å²) in [5, 5.41) is 0. The zero-order valence-corrected chi connectivity index (χ0v) is 19.3. The van der Waals surface area contributed by atoms with Crippen LogP contribution in [0.1, 0.15) is 58.3 Å². The fourth-order valence-electron chi connectivity index (χ4n) is 4.13. The van der Waals surface area contributed by atoms with Crippen LogP contribution in [0.15, 0.2) is 4.79 Å². The Morgan fingerprint density at radius 2 is 1.91 bits per heavy atom. The highest BCUT2D eigenvalue weighted by Gasteiger charge is 2.21. The summed E-state index contributed by atoms with van der Waals surface area (Å²) in [6.07, 6.45) is 7.50. The Morgan fingerprint density at radius 1 is 1.16 bits per heavy atom. The van der Waals surface area contributed by atoms with Gasteiger partial charge in [0.1, 0.15) is 5.52 Å². The van der Waals surface area contributed by atoms with E-state index in [-0.39, 0.29) is 23.5 Å². The number of nitrogens with zero attached hydrogens (tertiary/aromatic N) is 4. The SMILES string of the molecule is CCCCOc1nc(N)c2[nH]c(=O)n(CCCCCN3CCC(CC(=O)OC)CC3)c2n1. The van der Waals surface area contributed by atoms with Gasteiger partial charge in [-0.2, -0.15) is 9.97 Å². The molecule has 1 saturated heterocycles. The molecule has 3 N–H and O–H groups in total. The maximum absolute atomic E-state index is 12.4. The van der Waals surface area contributed by atoms with Crippen LogP contribution in [-0.2, 0) is 16.1 Å². The number of ether oxygens (including phenoxy) is 2. The third-order valence-corrected chi connectivity index (χ3v) is 6.11.